The van der Waals surface area contributed by atoms with E-state index in [9.17, 15) is 19.5 Å². The van der Waals surface area contributed by atoms with Gasteiger partial charge in [-0.05, 0) is 83.4 Å². The lowest BCUT2D eigenvalue weighted by Crippen LogP contribution is -2.58. The van der Waals surface area contributed by atoms with Crippen LogP contribution in [0.4, 0.5) is 5.82 Å². The van der Waals surface area contributed by atoms with Gasteiger partial charge in [-0.25, -0.2) is 15.0 Å². The number of aliphatic hydroxyl groups is 1. The smallest absolute Gasteiger partial charge is 0.278 e. The quantitative estimate of drug-likeness (QED) is 0.239. The van der Waals surface area contributed by atoms with E-state index in [4.69, 9.17) is 0 Å². The number of hydrogen-bond acceptors (Lipinski definition) is 8. The number of fused-ring (bicyclic) bond motifs is 2. The monoisotopic (exact) mass is 631 g/mol. The number of Topliss-reactive ketones (excluding diaryl/α,β-unsaturated/α-hetero) is 1. The van der Waals surface area contributed by atoms with Gasteiger partial charge in [0.15, 0.2) is 5.78 Å². The zero-order chi connectivity index (χ0) is 30.1. The average molecular weight is 633 g/mol. The summed E-state index contributed by atoms with van der Waals surface area (Å²) in [6, 6.07) is 7.05. The SMILES string of the molecule is CC(=O)c1nn(CC(=O)N2[C@@H]3C[C@]3(C)C[C@@]2(O)C(=O)Nc2nc(Br)ccc2C)c2c(C)cc(-c3cnc(C)nc3)cc12. The summed E-state index contributed by atoms with van der Waals surface area (Å²) in [5.74, 6) is -0.471. The van der Waals surface area contributed by atoms with E-state index in [0.29, 0.717) is 39.1 Å². The number of anilines is 1. The highest BCUT2D eigenvalue weighted by Crippen LogP contribution is 2.62. The van der Waals surface area contributed by atoms with Crippen molar-refractivity contribution in [1.29, 1.82) is 0 Å². The Balaban J connectivity index is 1.35. The van der Waals surface area contributed by atoms with Crippen LogP contribution in [-0.4, -0.2) is 64.1 Å². The van der Waals surface area contributed by atoms with E-state index in [-0.39, 0.29) is 35.9 Å². The molecular weight excluding hydrogens is 602 g/mol. The summed E-state index contributed by atoms with van der Waals surface area (Å²) in [7, 11) is 0. The lowest BCUT2D eigenvalue weighted by Gasteiger charge is -2.35. The number of nitrogens with zero attached hydrogens (tertiary/aromatic N) is 6. The number of halogens is 1. The van der Waals surface area contributed by atoms with Gasteiger partial charge in [0.1, 0.15) is 28.5 Å². The number of nitrogens with one attached hydrogen (secondary N) is 1. The molecule has 4 heterocycles. The number of piperidine rings is 1. The van der Waals surface area contributed by atoms with Crippen LogP contribution in [0.25, 0.3) is 22.0 Å². The normalized spacial score (nSPS) is 22.7. The molecule has 216 valence electrons. The average Bonchev–Trinajstić information content (AvgIpc) is 3.29. The maximum Gasteiger partial charge on any atom is 0.278 e. The molecule has 2 fully saturated rings. The predicted octanol–water partition coefficient (Wildman–Crippen LogP) is 4.12. The van der Waals surface area contributed by atoms with Gasteiger partial charge in [-0.3, -0.25) is 19.1 Å². The summed E-state index contributed by atoms with van der Waals surface area (Å²) in [4.78, 5) is 54.3. The Kier molecular flexibility index (Phi) is 6.54. The van der Waals surface area contributed by atoms with Crippen molar-refractivity contribution in [2.75, 3.05) is 5.32 Å². The standard InChI is InChI=1S/C30H30BrN7O4/c1-15-6-7-23(31)34-27(15)35-28(41)30(42)14-29(5)10-22(29)38(30)24(40)13-37-26-16(2)8-19(20-11-32-18(4)33-12-20)9-21(26)25(36-37)17(3)39/h6-9,11-12,22,42H,10,13-14H2,1-5H3,(H,34,35,41)/t22-,29-,30-/m1/s1. The van der Waals surface area contributed by atoms with Gasteiger partial charge in [-0.1, -0.05) is 13.0 Å². The molecule has 2 amide bonds. The summed E-state index contributed by atoms with van der Waals surface area (Å²) in [5, 5.41) is 19.6. The first kappa shape index (κ1) is 28.1. The van der Waals surface area contributed by atoms with Gasteiger partial charge < -0.3 is 15.3 Å². The molecule has 3 aromatic heterocycles. The van der Waals surface area contributed by atoms with Crippen LogP contribution in [-0.2, 0) is 16.1 Å². The van der Waals surface area contributed by atoms with Crippen LogP contribution in [0.2, 0.25) is 0 Å². The number of pyridine rings is 1. The number of aryl methyl sites for hydroxylation is 3. The van der Waals surface area contributed by atoms with Crippen molar-refractivity contribution in [3.8, 4) is 11.1 Å². The molecule has 12 heteroatoms. The minimum absolute atomic E-state index is 0.106. The molecule has 1 saturated heterocycles. The number of aromatic nitrogens is 5. The molecule has 4 aromatic rings. The minimum atomic E-state index is -2.06. The van der Waals surface area contributed by atoms with Gasteiger partial charge in [-0.2, -0.15) is 5.10 Å². The second-order valence-corrected chi connectivity index (χ2v) is 12.5. The Labute approximate surface area is 250 Å². The van der Waals surface area contributed by atoms with E-state index in [1.165, 1.54) is 16.5 Å². The number of carbonyl (C=O) groups excluding carboxylic acids is 3. The lowest BCUT2D eigenvalue weighted by molar-refractivity contribution is -0.168. The van der Waals surface area contributed by atoms with Crippen LogP contribution in [0.1, 0.15) is 54.1 Å². The van der Waals surface area contributed by atoms with E-state index < -0.39 is 17.5 Å². The number of carbonyl (C=O) groups is 3. The third-order valence-corrected chi connectivity index (χ3v) is 8.80. The fourth-order valence-corrected chi connectivity index (χ4v) is 6.41. The van der Waals surface area contributed by atoms with Crippen molar-refractivity contribution in [2.24, 2.45) is 5.41 Å². The van der Waals surface area contributed by atoms with Gasteiger partial charge in [0.25, 0.3) is 5.91 Å². The third kappa shape index (κ3) is 4.58. The molecule has 0 radical (unpaired) electrons. The van der Waals surface area contributed by atoms with Crippen molar-refractivity contribution in [1.82, 2.24) is 29.6 Å². The summed E-state index contributed by atoms with van der Waals surface area (Å²) >= 11 is 3.31. The highest BCUT2D eigenvalue weighted by molar-refractivity contribution is 9.10. The molecule has 2 N–H and O–H groups in total. The highest BCUT2D eigenvalue weighted by atomic mass is 79.9. The summed E-state index contributed by atoms with van der Waals surface area (Å²) in [5.41, 5.74) is 1.56. The van der Waals surface area contributed by atoms with Gasteiger partial charge in [0.05, 0.1) is 5.52 Å². The van der Waals surface area contributed by atoms with Crippen molar-refractivity contribution >= 4 is 50.2 Å². The first-order chi connectivity index (χ1) is 19.8. The van der Waals surface area contributed by atoms with Crippen LogP contribution in [0.15, 0.2) is 41.3 Å². The van der Waals surface area contributed by atoms with Crippen molar-refractivity contribution < 1.29 is 19.5 Å². The fourth-order valence-electron chi connectivity index (χ4n) is 6.11. The fraction of sp³-hybridized carbons (Fsp3) is 0.367. The molecule has 2 aliphatic rings. The van der Waals surface area contributed by atoms with Crippen molar-refractivity contribution in [3.63, 3.8) is 0 Å². The number of benzene rings is 1. The Morgan fingerprint density at radius 3 is 2.50 bits per heavy atom. The number of likely N-dealkylation sites (tertiary alicyclic amines) is 1. The van der Waals surface area contributed by atoms with Gasteiger partial charge in [0.2, 0.25) is 11.6 Å². The van der Waals surface area contributed by atoms with E-state index in [2.05, 4.69) is 41.3 Å². The molecule has 1 aromatic carbocycles. The first-order valence-corrected chi connectivity index (χ1v) is 14.4. The maximum absolute atomic E-state index is 13.9. The number of ketones is 1. The number of amides is 2. The van der Waals surface area contributed by atoms with Crippen LogP contribution in [0.5, 0.6) is 0 Å². The molecule has 42 heavy (non-hydrogen) atoms. The van der Waals surface area contributed by atoms with Gasteiger partial charge >= 0.3 is 0 Å². The number of hydrogen-bond donors (Lipinski definition) is 2. The van der Waals surface area contributed by atoms with E-state index in [0.717, 1.165) is 16.7 Å². The molecule has 0 spiro atoms. The second-order valence-electron chi connectivity index (χ2n) is 11.7. The molecule has 3 atom stereocenters. The third-order valence-electron chi connectivity index (χ3n) is 8.36. The molecule has 6 rings (SSSR count). The molecule has 0 unspecified atom stereocenters. The molecular formula is C30H30BrN7O4. The van der Waals surface area contributed by atoms with E-state index in [1.54, 1.807) is 38.4 Å². The van der Waals surface area contributed by atoms with E-state index in [1.807, 2.05) is 26.0 Å². The summed E-state index contributed by atoms with van der Waals surface area (Å²) in [6.45, 7) is 8.63. The topological polar surface area (TPSA) is 143 Å². The summed E-state index contributed by atoms with van der Waals surface area (Å²) < 4.78 is 2.03. The molecule has 0 bridgehead atoms. The number of rotatable bonds is 6. The zero-order valence-electron chi connectivity index (χ0n) is 23.9. The minimum Gasteiger partial charge on any atom is -0.363 e. The van der Waals surface area contributed by atoms with E-state index >= 15 is 0 Å². The highest BCUT2D eigenvalue weighted by Gasteiger charge is 2.71. The Bertz CT molecular complexity index is 1800. The van der Waals surface area contributed by atoms with Crippen LogP contribution >= 0.6 is 15.9 Å². The Morgan fingerprint density at radius 1 is 1.10 bits per heavy atom. The van der Waals surface area contributed by atoms with Gasteiger partial charge in [-0.15, -0.1) is 0 Å². The van der Waals surface area contributed by atoms with Crippen molar-refractivity contribution in [3.05, 3.63) is 63.9 Å². The molecule has 11 nitrogen and oxygen atoms in total. The second kappa shape index (κ2) is 9.77. The molecule has 1 saturated carbocycles. The Morgan fingerprint density at radius 2 is 1.81 bits per heavy atom. The van der Waals surface area contributed by atoms with Gasteiger partial charge in [0, 0.05) is 42.7 Å². The van der Waals surface area contributed by atoms with Crippen LogP contribution in [0, 0.1) is 26.2 Å². The lowest BCUT2D eigenvalue weighted by atomic mass is 9.98. The first-order valence-electron chi connectivity index (χ1n) is 13.6. The van der Waals surface area contributed by atoms with Crippen LogP contribution < -0.4 is 5.32 Å². The summed E-state index contributed by atoms with van der Waals surface area (Å²) in [6.07, 6.45) is 4.24. The molecule has 1 aliphatic heterocycles. The largest absolute Gasteiger partial charge is 0.363 e. The van der Waals surface area contributed by atoms with Crippen LogP contribution in [0.3, 0.4) is 0 Å². The Hall–Kier alpha value is -4.03. The maximum atomic E-state index is 13.9. The zero-order valence-corrected chi connectivity index (χ0v) is 25.5. The van der Waals surface area contributed by atoms with Crippen molar-refractivity contribution in [2.45, 2.75) is 65.8 Å². The molecule has 1 aliphatic carbocycles. The predicted molar refractivity (Wildman–Crippen MR) is 158 cm³/mol.